The SMILES string of the molecule is CCOC(=O)c1ccc(Nc2nccc(NCc3ccc(Cl)cc3)n2)cc1. The molecule has 7 heteroatoms. The van der Waals surface area contributed by atoms with Gasteiger partial charge < -0.3 is 15.4 Å². The molecular formula is C20H19ClN4O2. The van der Waals surface area contributed by atoms with Gasteiger partial charge in [0.05, 0.1) is 12.2 Å². The van der Waals surface area contributed by atoms with Crippen molar-refractivity contribution in [2.75, 3.05) is 17.2 Å². The lowest BCUT2D eigenvalue weighted by atomic mass is 10.2. The first-order valence-electron chi connectivity index (χ1n) is 8.49. The largest absolute Gasteiger partial charge is 0.462 e. The number of carbonyl (C=O) groups is 1. The first kappa shape index (κ1) is 18.7. The fourth-order valence-electron chi connectivity index (χ4n) is 2.35. The lowest BCUT2D eigenvalue weighted by Gasteiger charge is -2.09. The molecule has 2 N–H and O–H groups in total. The highest BCUT2D eigenvalue weighted by molar-refractivity contribution is 6.30. The molecule has 0 aliphatic heterocycles. The summed E-state index contributed by atoms with van der Waals surface area (Å²) in [5.41, 5.74) is 2.38. The molecule has 0 aliphatic rings. The third-order valence-electron chi connectivity index (χ3n) is 3.69. The molecule has 1 aromatic heterocycles. The Bertz CT molecular complexity index is 899. The lowest BCUT2D eigenvalue weighted by Crippen LogP contribution is -2.05. The van der Waals surface area contributed by atoms with E-state index in [1.54, 1.807) is 43.5 Å². The number of aromatic nitrogens is 2. The topological polar surface area (TPSA) is 76.1 Å². The van der Waals surface area contributed by atoms with Gasteiger partial charge in [-0.15, -0.1) is 0 Å². The van der Waals surface area contributed by atoms with Crippen molar-refractivity contribution in [3.05, 3.63) is 76.9 Å². The summed E-state index contributed by atoms with van der Waals surface area (Å²) in [6.45, 7) is 2.75. The van der Waals surface area contributed by atoms with E-state index in [0.717, 1.165) is 11.3 Å². The van der Waals surface area contributed by atoms with Gasteiger partial charge in [0.1, 0.15) is 5.82 Å². The van der Waals surface area contributed by atoms with Crippen molar-refractivity contribution in [3.63, 3.8) is 0 Å². The minimum atomic E-state index is -0.339. The van der Waals surface area contributed by atoms with Crippen molar-refractivity contribution in [1.29, 1.82) is 0 Å². The average Bonchev–Trinajstić information content (AvgIpc) is 2.69. The molecule has 0 radical (unpaired) electrons. The van der Waals surface area contributed by atoms with E-state index < -0.39 is 0 Å². The summed E-state index contributed by atoms with van der Waals surface area (Å²) < 4.78 is 4.97. The molecule has 27 heavy (non-hydrogen) atoms. The predicted molar refractivity (Wildman–Crippen MR) is 106 cm³/mol. The minimum absolute atomic E-state index is 0.339. The predicted octanol–water partition coefficient (Wildman–Crippen LogP) is 4.66. The zero-order chi connectivity index (χ0) is 19.1. The summed E-state index contributed by atoms with van der Waals surface area (Å²) in [5.74, 6) is 0.819. The van der Waals surface area contributed by atoms with Gasteiger partial charge in [-0.1, -0.05) is 23.7 Å². The number of benzene rings is 2. The Balaban J connectivity index is 1.61. The third kappa shape index (κ3) is 5.43. The van der Waals surface area contributed by atoms with Crippen molar-refractivity contribution in [1.82, 2.24) is 9.97 Å². The van der Waals surface area contributed by atoms with Gasteiger partial charge in [-0.3, -0.25) is 0 Å². The molecule has 0 spiro atoms. The van der Waals surface area contributed by atoms with Crippen molar-refractivity contribution >= 4 is 35.0 Å². The van der Waals surface area contributed by atoms with Crippen LogP contribution < -0.4 is 10.6 Å². The summed E-state index contributed by atoms with van der Waals surface area (Å²) in [6, 6.07) is 16.4. The molecular weight excluding hydrogens is 364 g/mol. The van der Waals surface area contributed by atoms with E-state index in [4.69, 9.17) is 16.3 Å². The molecule has 1 heterocycles. The molecule has 0 saturated heterocycles. The molecule has 0 unspecified atom stereocenters. The number of anilines is 3. The highest BCUT2D eigenvalue weighted by Crippen LogP contribution is 2.16. The summed E-state index contributed by atoms with van der Waals surface area (Å²) in [6.07, 6.45) is 1.67. The van der Waals surface area contributed by atoms with E-state index in [1.165, 1.54) is 0 Å². The first-order valence-corrected chi connectivity index (χ1v) is 8.87. The van der Waals surface area contributed by atoms with Crippen molar-refractivity contribution < 1.29 is 9.53 Å². The van der Waals surface area contributed by atoms with Crippen LogP contribution >= 0.6 is 11.6 Å². The molecule has 0 aliphatic carbocycles. The fraction of sp³-hybridized carbons (Fsp3) is 0.150. The third-order valence-corrected chi connectivity index (χ3v) is 3.95. The number of ether oxygens (including phenoxy) is 1. The Labute approximate surface area is 162 Å². The number of nitrogens with zero attached hydrogens (tertiary/aromatic N) is 2. The number of nitrogens with one attached hydrogen (secondary N) is 2. The van der Waals surface area contributed by atoms with Crippen molar-refractivity contribution in [3.8, 4) is 0 Å². The zero-order valence-corrected chi connectivity index (χ0v) is 15.5. The number of carbonyl (C=O) groups excluding carboxylic acids is 1. The second kappa shape index (κ2) is 9.00. The molecule has 3 rings (SSSR count). The van der Waals surface area contributed by atoms with Crippen LogP contribution in [0.4, 0.5) is 17.5 Å². The molecule has 0 atom stereocenters. The Hall–Kier alpha value is -3.12. The number of esters is 1. The Kier molecular flexibility index (Phi) is 6.22. The summed E-state index contributed by atoms with van der Waals surface area (Å²) in [7, 11) is 0. The van der Waals surface area contributed by atoms with E-state index in [-0.39, 0.29) is 5.97 Å². The van der Waals surface area contributed by atoms with Gasteiger partial charge in [0.25, 0.3) is 0 Å². The van der Waals surface area contributed by atoms with Crippen LogP contribution in [0.5, 0.6) is 0 Å². The van der Waals surface area contributed by atoms with Gasteiger partial charge in [0, 0.05) is 23.5 Å². The maximum Gasteiger partial charge on any atom is 0.338 e. The van der Waals surface area contributed by atoms with E-state index in [2.05, 4.69) is 20.6 Å². The fourth-order valence-corrected chi connectivity index (χ4v) is 2.47. The first-order chi connectivity index (χ1) is 13.1. The molecule has 0 fully saturated rings. The summed E-state index contributed by atoms with van der Waals surface area (Å²) >= 11 is 5.89. The maximum absolute atomic E-state index is 11.7. The van der Waals surface area contributed by atoms with E-state index >= 15 is 0 Å². The molecule has 0 amide bonds. The summed E-state index contributed by atoms with van der Waals surface area (Å²) in [5, 5.41) is 7.08. The minimum Gasteiger partial charge on any atom is -0.462 e. The number of halogens is 1. The van der Waals surface area contributed by atoms with Crippen LogP contribution in [0.15, 0.2) is 60.8 Å². The Morgan fingerprint density at radius 2 is 1.81 bits per heavy atom. The molecule has 2 aromatic carbocycles. The number of hydrogen-bond donors (Lipinski definition) is 2. The van der Waals surface area contributed by atoms with Gasteiger partial charge in [0.2, 0.25) is 5.95 Å². The normalized spacial score (nSPS) is 10.3. The molecule has 0 saturated carbocycles. The smallest absolute Gasteiger partial charge is 0.338 e. The van der Waals surface area contributed by atoms with Crippen LogP contribution in [0, 0.1) is 0 Å². The van der Waals surface area contributed by atoms with E-state index in [9.17, 15) is 4.79 Å². The quantitative estimate of drug-likeness (QED) is 0.578. The Morgan fingerprint density at radius 1 is 1.07 bits per heavy atom. The molecule has 138 valence electrons. The van der Waals surface area contributed by atoms with Gasteiger partial charge in [-0.2, -0.15) is 4.98 Å². The molecule has 0 bridgehead atoms. The van der Waals surface area contributed by atoms with E-state index in [1.807, 2.05) is 24.3 Å². The standard InChI is InChI=1S/C20H19ClN4O2/c1-2-27-19(26)15-5-9-17(10-6-15)24-20-22-12-11-18(25-20)23-13-14-3-7-16(21)8-4-14/h3-12H,2,13H2,1H3,(H2,22,23,24,25). The van der Waals surface area contributed by atoms with Crippen LogP contribution in [-0.2, 0) is 11.3 Å². The van der Waals surface area contributed by atoms with Gasteiger partial charge >= 0.3 is 5.97 Å². The van der Waals surface area contributed by atoms with Crippen LogP contribution in [0.3, 0.4) is 0 Å². The van der Waals surface area contributed by atoms with E-state index in [0.29, 0.717) is 35.5 Å². The second-order valence-corrected chi connectivity index (χ2v) is 6.10. The summed E-state index contributed by atoms with van der Waals surface area (Å²) in [4.78, 5) is 20.3. The van der Waals surface area contributed by atoms with Gasteiger partial charge in [-0.05, 0) is 55.0 Å². The number of hydrogen-bond acceptors (Lipinski definition) is 6. The Morgan fingerprint density at radius 3 is 2.52 bits per heavy atom. The monoisotopic (exact) mass is 382 g/mol. The molecule has 6 nitrogen and oxygen atoms in total. The van der Waals surface area contributed by atoms with Gasteiger partial charge in [-0.25, -0.2) is 9.78 Å². The average molecular weight is 383 g/mol. The number of rotatable bonds is 7. The zero-order valence-electron chi connectivity index (χ0n) is 14.8. The highest BCUT2D eigenvalue weighted by atomic mass is 35.5. The lowest BCUT2D eigenvalue weighted by molar-refractivity contribution is 0.0526. The van der Waals surface area contributed by atoms with Crippen LogP contribution in [0.25, 0.3) is 0 Å². The van der Waals surface area contributed by atoms with Crippen LogP contribution in [0.1, 0.15) is 22.8 Å². The highest BCUT2D eigenvalue weighted by Gasteiger charge is 2.06. The second-order valence-electron chi connectivity index (χ2n) is 5.67. The van der Waals surface area contributed by atoms with Crippen molar-refractivity contribution in [2.24, 2.45) is 0 Å². The molecule has 3 aromatic rings. The van der Waals surface area contributed by atoms with Crippen LogP contribution in [-0.4, -0.2) is 22.5 Å². The van der Waals surface area contributed by atoms with Crippen LogP contribution in [0.2, 0.25) is 5.02 Å². The maximum atomic E-state index is 11.7. The van der Waals surface area contributed by atoms with Gasteiger partial charge in [0.15, 0.2) is 0 Å². The van der Waals surface area contributed by atoms with Crippen molar-refractivity contribution in [2.45, 2.75) is 13.5 Å².